The number of hydrogen-bond acceptors (Lipinski definition) is 7. The van der Waals surface area contributed by atoms with Gasteiger partial charge in [0, 0.05) is 35.9 Å². The third-order valence-corrected chi connectivity index (χ3v) is 4.92. The molecule has 1 N–H and O–H groups in total. The molecule has 0 amide bonds. The molecule has 8 nitrogen and oxygen atoms in total. The Bertz CT molecular complexity index is 1370. The molecule has 0 aliphatic carbocycles. The summed E-state index contributed by atoms with van der Waals surface area (Å²) in [6, 6.07) is 4.54. The number of nitrogens with zero attached hydrogens (tertiary/aromatic N) is 6. The molecule has 32 heavy (non-hydrogen) atoms. The van der Waals surface area contributed by atoms with Crippen molar-refractivity contribution in [3.63, 3.8) is 0 Å². The molecule has 12 heteroatoms. The summed E-state index contributed by atoms with van der Waals surface area (Å²) >= 11 is 5.95. The van der Waals surface area contributed by atoms with Crippen LogP contribution in [0.5, 0.6) is 0 Å². The molecule has 3 heterocycles. The van der Waals surface area contributed by atoms with Gasteiger partial charge < -0.3 is 5.32 Å². The Morgan fingerprint density at radius 1 is 1.09 bits per heavy atom. The molecule has 0 radical (unpaired) electrons. The van der Waals surface area contributed by atoms with E-state index in [-0.39, 0.29) is 27.3 Å². The van der Waals surface area contributed by atoms with E-state index in [1.54, 1.807) is 6.92 Å². The highest BCUT2D eigenvalue weighted by atomic mass is 35.5. The molecule has 3 aromatic heterocycles. The summed E-state index contributed by atoms with van der Waals surface area (Å²) in [7, 11) is 1.51. The summed E-state index contributed by atoms with van der Waals surface area (Å²) in [5, 5.41) is 7.29. The fourth-order valence-electron chi connectivity index (χ4n) is 3.23. The van der Waals surface area contributed by atoms with E-state index in [1.807, 2.05) is 0 Å². The Hall–Kier alpha value is -3.60. The quantitative estimate of drug-likeness (QED) is 0.490. The van der Waals surface area contributed by atoms with Crippen molar-refractivity contribution in [1.29, 1.82) is 0 Å². The van der Waals surface area contributed by atoms with Crippen molar-refractivity contribution in [3.05, 3.63) is 69.6 Å². The van der Waals surface area contributed by atoms with Crippen molar-refractivity contribution in [2.45, 2.75) is 19.1 Å². The van der Waals surface area contributed by atoms with Gasteiger partial charge in [0.2, 0.25) is 0 Å². The zero-order chi connectivity index (χ0) is 23.0. The van der Waals surface area contributed by atoms with E-state index in [4.69, 9.17) is 11.6 Å². The molecule has 4 aromatic rings. The van der Waals surface area contributed by atoms with Crippen LogP contribution in [0.3, 0.4) is 0 Å². The van der Waals surface area contributed by atoms with Crippen LogP contribution in [0, 0.1) is 0 Å². The van der Waals surface area contributed by atoms with E-state index in [0.29, 0.717) is 17.1 Å². The van der Waals surface area contributed by atoms with Gasteiger partial charge in [-0.25, -0.2) is 14.6 Å². The number of aromatic nitrogens is 6. The van der Waals surface area contributed by atoms with Gasteiger partial charge in [-0.2, -0.15) is 18.3 Å². The number of rotatable bonds is 4. The molecule has 0 aliphatic rings. The summed E-state index contributed by atoms with van der Waals surface area (Å²) in [6.45, 7) is 1.75. The van der Waals surface area contributed by atoms with Crippen molar-refractivity contribution < 1.29 is 13.2 Å². The van der Waals surface area contributed by atoms with Crippen molar-refractivity contribution in [3.8, 4) is 11.4 Å². The van der Waals surface area contributed by atoms with Gasteiger partial charge in [-0.05, 0) is 25.1 Å². The third kappa shape index (κ3) is 4.11. The monoisotopic (exact) mass is 461 g/mol. The van der Waals surface area contributed by atoms with E-state index in [0.717, 1.165) is 12.4 Å². The Kier molecular flexibility index (Phi) is 5.51. The minimum absolute atomic E-state index is 0.0927. The predicted octanol–water partition coefficient (Wildman–Crippen LogP) is 4.03. The van der Waals surface area contributed by atoms with Gasteiger partial charge in [0.1, 0.15) is 23.5 Å². The predicted molar refractivity (Wildman–Crippen MR) is 112 cm³/mol. The van der Waals surface area contributed by atoms with Gasteiger partial charge >= 0.3 is 6.18 Å². The molecule has 1 unspecified atom stereocenters. The third-order valence-electron chi connectivity index (χ3n) is 4.70. The highest BCUT2D eigenvalue weighted by Gasteiger charge is 2.34. The van der Waals surface area contributed by atoms with Gasteiger partial charge in [0.05, 0.1) is 22.8 Å². The number of halogens is 4. The molecule has 0 bridgehead atoms. The largest absolute Gasteiger partial charge is 0.418 e. The molecular weight excluding hydrogens is 447 g/mol. The van der Waals surface area contributed by atoms with E-state index in [9.17, 15) is 18.0 Å². The maximum Gasteiger partial charge on any atom is 0.418 e. The second kappa shape index (κ2) is 8.15. The average Bonchev–Trinajstić information content (AvgIpc) is 2.75. The highest BCUT2D eigenvalue weighted by Crippen LogP contribution is 2.38. The lowest BCUT2D eigenvalue weighted by atomic mass is 10.1. The lowest BCUT2D eigenvalue weighted by Gasteiger charge is -2.18. The van der Waals surface area contributed by atoms with E-state index >= 15 is 0 Å². The maximum atomic E-state index is 13.5. The molecule has 164 valence electrons. The zero-order valence-corrected chi connectivity index (χ0v) is 17.5. The van der Waals surface area contributed by atoms with Crippen LogP contribution in [-0.4, -0.2) is 29.7 Å². The van der Waals surface area contributed by atoms with Gasteiger partial charge in [-0.1, -0.05) is 11.6 Å². The standard InChI is InChI=1S/C20H15ClF3N7O/c1-10(16-18(26-6-5-25-16)14-3-4-15(32)31(2)30-14)29-19-12-7-11(21)8-13(20(22,23)24)17(12)27-9-28-19/h3-10H,1-2H3,(H,27,28,29). The smallest absolute Gasteiger partial charge is 0.361 e. The summed E-state index contributed by atoms with van der Waals surface area (Å²) in [6.07, 6.45) is -0.621. The summed E-state index contributed by atoms with van der Waals surface area (Å²) in [5.41, 5.74) is -0.216. The Balaban J connectivity index is 1.78. The molecule has 0 saturated heterocycles. The second-order valence-corrected chi connectivity index (χ2v) is 7.34. The van der Waals surface area contributed by atoms with Gasteiger partial charge in [0.15, 0.2) is 0 Å². The van der Waals surface area contributed by atoms with Crippen LogP contribution in [0.4, 0.5) is 19.0 Å². The van der Waals surface area contributed by atoms with Crippen LogP contribution in [0.1, 0.15) is 24.2 Å². The summed E-state index contributed by atoms with van der Waals surface area (Å²) < 4.78 is 41.6. The molecule has 1 atom stereocenters. The number of benzene rings is 1. The molecule has 0 aliphatic heterocycles. The normalized spacial score (nSPS) is 12.7. The molecule has 0 saturated carbocycles. The van der Waals surface area contributed by atoms with Crippen LogP contribution in [0.2, 0.25) is 5.02 Å². The number of anilines is 1. The van der Waals surface area contributed by atoms with Crippen molar-refractivity contribution >= 4 is 28.3 Å². The lowest BCUT2D eigenvalue weighted by Crippen LogP contribution is -2.19. The number of fused-ring (bicyclic) bond motifs is 1. The summed E-state index contributed by atoms with van der Waals surface area (Å²) in [4.78, 5) is 28.3. The minimum atomic E-state index is -4.63. The van der Waals surface area contributed by atoms with Crippen molar-refractivity contribution in [2.75, 3.05) is 5.32 Å². The van der Waals surface area contributed by atoms with Gasteiger partial charge in [-0.15, -0.1) is 0 Å². The second-order valence-electron chi connectivity index (χ2n) is 6.91. The first-order valence-corrected chi connectivity index (χ1v) is 9.66. The average molecular weight is 462 g/mol. The first-order chi connectivity index (χ1) is 15.1. The SMILES string of the molecule is CC(Nc1ncnc2c(C(F)(F)F)cc(Cl)cc12)c1nccnc1-c1ccc(=O)n(C)n1. The number of aryl methyl sites for hydroxylation is 1. The van der Waals surface area contributed by atoms with E-state index < -0.39 is 17.8 Å². The molecule has 4 rings (SSSR count). The van der Waals surface area contributed by atoms with Crippen LogP contribution in [0.15, 0.2) is 47.8 Å². The Morgan fingerprint density at radius 2 is 1.84 bits per heavy atom. The number of nitrogens with one attached hydrogen (secondary N) is 1. The van der Waals surface area contributed by atoms with E-state index in [2.05, 4.69) is 30.4 Å². The first kappa shape index (κ1) is 21.6. The van der Waals surface area contributed by atoms with Gasteiger partial charge in [-0.3, -0.25) is 14.8 Å². The zero-order valence-electron chi connectivity index (χ0n) is 16.7. The number of hydrogen-bond donors (Lipinski definition) is 1. The van der Waals surface area contributed by atoms with Gasteiger partial charge in [0.25, 0.3) is 5.56 Å². The van der Waals surface area contributed by atoms with Crippen LogP contribution < -0.4 is 10.9 Å². The molecule has 0 spiro atoms. The summed E-state index contributed by atoms with van der Waals surface area (Å²) in [5.74, 6) is 0.153. The fraction of sp³-hybridized carbons (Fsp3) is 0.200. The molecule has 0 fully saturated rings. The Morgan fingerprint density at radius 3 is 2.56 bits per heavy atom. The minimum Gasteiger partial charge on any atom is -0.361 e. The van der Waals surface area contributed by atoms with Crippen LogP contribution >= 0.6 is 11.6 Å². The highest BCUT2D eigenvalue weighted by molar-refractivity contribution is 6.31. The first-order valence-electron chi connectivity index (χ1n) is 9.29. The molecular formula is C20H15ClF3N7O. The number of alkyl halides is 3. The fourth-order valence-corrected chi connectivity index (χ4v) is 3.45. The van der Waals surface area contributed by atoms with Crippen LogP contribution in [0.25, 0.3) is 22.3 Å². The van der Waals surface area contributed by atoms with E-state index in [1.165, 1.54) is 42.3 Å². The topological polar surface area (TPSA) is 98.5 Å². The van der Waals surface area contributed by atoms with Crippen molar-refractivity contribution in [2.24, 2.45) is 7.05 Å². The van der Waals surface area contributed by atoms with Crippen molar-refractivity contribution in [1.82, 2.24) is 29.7 Å². The molecule has 1 aromatic carbocycles. The maximum absolute atomic E-state index is 13.5. The Labute approximate surface area is 184 Å². The lowest BCUT2D eigenvalue weighted by molar-refractivity contribution is -0.136. The van der Waals surface area contributed by atoms with Crippen LogP contribution in [-0.2, 0) is 13.2 Å².